The van der Waals surface area contributed by atoms with E-state index in [0.29, 0.717) is 18.8 Å². The van der Waals surface area contributed by atoms with Crippen molar-refractivity contribution in [1.82, 2.24) is 20.1 Å². The fourth-order valence-electron chi connectivity index (χ4n) is 3.73. The van der Waals surface area contributed by atoms with Crippen molar-refractivity contribution in [3.8, 4) is 5.75 Å². The quantitative estimate of drug-likeness (QED) is 0.513. The molecule has 1 fully saturated rings. The first kappa shape index (κ1) is 20.5. The van der Waals surface area contributed by atoms with Crippen LogP contribution in [-0.2, 0) is 22.7 Å². The number of carbonyl (C=O) groups is 3. The first-order valence-corrected chi connectivity index (χ1v) is 10.1. The average Bonchev–Trinajstić information content (AvgIpc) is 3.49. The highest BCUT2D eigenvalue weighted by Crippen LogP contribution is 2.26. The van der Waals surface area contributed by atoms with Crippen molar-refractivity contribution in [2.45, 2.75) is 32.0 Å². The summed E-state index contributed by atoms with van der Waals surface area (Å²) in [6.07, 6.45) is 3.84. The fourth-order valence-corrected chi connectivity index (χ4v) is 3.73. The molecule has 9 nitrogen and oxygen atoms in total. The molecule has 3 heterocycles. The average molecular weight is 424 g/mol. The van der Waals surface area contributed by atoms with Gasteiger partial charge < -0.3 is 24.4 Å². The number of rotatable bonds is 9. The SMILES string of the molecule is COc1cccc2c1ccn2CCNC(=O)CCC1NC(=O)N(Cc2ccco2)C1=O. The molecule has 4 amide bonds. The second-order valence-electron chi connectivity index (χ2n) is 7.30. The van der Waals surface area contributed by atoms with E-state index in [9.17, 15) is 14.4 Å². The molecule has 0 bridgehead atoms. The summed E-state index contributed by atoms with van der Waals surface area (Å²) in [5.74, 6) is 0.823. The van der Waals surface area contributed by atoms with E-state index in [1.807, 2.05) is 35.0 Å². The van der Waals surface area contributed by atoms with Gasteiger partial charge in [0.2, 0.25) is 5.91 Å². The maximum atomic E-state index is 12.5. The Labute approximate surface area is 178 Å². The summed E-state index contributed by atoms with van der Waals surface area (Å²) in [5, 5.41) is 6.52. The number of aromatic nitrogens is 1. The summed E-state index contributed by atoms with van der Waals surface area (Å²) in [7, 11) is 1.64. The smallest absolute Gasteiger partial charge is 0.325 e. The number of furan rings is 1. The standard InChI is InChI=1S/C22H24N4O5/c1-30-19-6-2-5-18-16(19)9-11-25(18)12-10-23-20(27)8-7-17-21(28)26(22(29)24-17)14-15-4-3-13-31-15/h2-6,9,11,13,17H,7-8,10,12,14H2,1H3,(H,23,27)(H,24,29). The molecule has 1 unspecified atom stereocenters. The Morgan fingerprint density at radius 3 is 2.87 bits per heavy atom. The minimum atomic E-state index is -0.700. The first-order chi connectivity index (χ1) is 15.1. The molecule has 9 heteroatoms. The maximum Gasteiger partial charge on any atom is 0.325 e. The number of imide groups is 1. The van der Waals surface area contributed by atoms with Crippen molar-refractivity contribution < 1.29 is 23.5 Å². The first-order valence-electron chi connectivity index (χ1n) is 10.1. The molecule has 1 aromatic carbocycles. The lowest BCUT2D eigenvalue weighted by molar-refractivity contribution is -0.128. The van der Waals surface area contributed by atoms with Gasteiger partial charge in [-0.1, -0.05) is 6.07 Å². The number of hydrogen-bond acceptors (Lipinski definition) is 5. The molecule has 1 saturated heterocycles. The number of nitrogens with one attached hydrogen (secondary N) is 2. The predicted molar refractivity (Wildman–Crippen MR) is 112 cm³/mol. The zero-order chi connectivity index (χ0) is 21.8. The minimum Gasteiger partial charge on any atom is -0.496 e. The van der Waals surface area contributed by atoms with Crippen molar-refractivity contribution in [2.24, 2.45) is 0 Å². The lowest BCUT2D eigenvalue weighted by atomic mass is 10.1. The van der Waals surface area contributed by atoms with E-state index in [1.54, 1.807) is 19.2 Å². The van der Waals surface area contributed by atoms with E-state index < -0.39 is 12.1 Å². The molecule has 2 aromatic heterocycles. The van der Waals surface area contributed by atoms with Crippen LogP contribution in [0.1, 0.15) is 18.6 Å². The summed E-state index contributed by atoms with van der Waals surface area (Å²) >= 11 is 0. The predicted octanol–water partition coefficient (Wildman–Crippen LogP) is 2.26. The van der Waals surface area contributed by atoms with Crippen LogP contribution in [0.15, 0.2) is 53.3 Å². The van der Waals surface area contributed by atoms with Gasteiger partial charge >= 0.3 is 6.03 Å². The number of urea groups is 1. The third-order valence-electron chi connectivity index (χ3n) is 5.33. The number of hydrogen-bond donors (Lipinski definition) is 2. The van der Waals surface area contributed by atoms with E-state index >= 15 is 0 Å². The van der Waals surface area contributed by atoms with Gasteiger partial charge in [0, 0.05) is 31.1 Å². The monoisotopic (exact) mass is 424 g/mol. The Hall–Kier alpha value is -3.75. The molecular formula is C22H24N4O5. The van der Waals surface area contributed by atoms with Crippen LogP contribution in [0.5, 0.6) is 5.75 Å². The number of fused-ring (bicyclic) bond motifs is 1. The highest BCUT2D eigenvalue weighted by Gasteiger charge is 2.38. The molecule has 1 aliphatic heterocycles. The van der Waals surface area contributed by atoms with Gasteiger partial charge in [0.1, 0.15) is 17.6 Å². The van der Waals surface area contributed by atoms with E-state index in [2.05, 4.69) is 10.6 Å². The van der Waals surface area contributed by atoms with Gasteiger partial charge in [-0.2, -0.15) is 0 Å². The van der Waals surface area contributed by atoms with Crippen LogP contribution in [-0.4, -0.2) is 47.0 Å². The van der Waals surface area contributed by atoms with E-state index in [4.69, 9.17) is 9.15 Å². The number of amides is 4. The lowest BCUT2D eigenvalue weighted by Crippen LogP contribution is -2.33. The van der Waals surface area contributed by atoms with Gasteiger partial charge in [-0.05, 0) is 36.8 Å². The molecule has 31 heavy (non-hydrogen) atoms. The summed E-state index contributed by atoms with van der Waals surface area (Å²) < 4.78 is 12.6. The molecule has 4 rings (SSSR count). The molecule has 1 atom stereocenters. The zero-order valence-corrected chi connectivity index (χ0v) is 17.2. The minimum absolute atomic E-state index is 0.0793. The summed E-state index contributed by atoms with van der Waals surface area (Å²) in [6.45, 7) is 1.14. The highest BCUT2D eigenvalue weighted by atomic mass is 16.5. The Morgan fingerprint density at radius 2 is 2.10 bits per heavy atom. The molecule has 2 N–H and O–H groups in total. The molecule has 3 aromatic rings. The maximum absolute atomic E-state index is 12.5. The van der Waals surface area contributed by atoms with Gasteiger partial charge in [-0.3, -0.25) is 14.5 Å². The van der Waals surface area contributed by atoms with Gasteiger partial charge in [-0.25, -0.2) is 4.79 Å². The van der Waals surface area contributed by atoms with Crippen LogP contribution in [0.2, 0.25) is 0 Å². The normalized spacial score (nSPS) is 16.0. The molecular weight excluding hydrogens is 400 g/mol. The number of nitrogens with zero attached hydrogens (tertiary/aromatic N) is 2. The van der Waals surface area contributed by atoms with Crippen LogP contribution >= 0.6 is 0 Å². The topological polar surface area (TPSA) is 106 Å². The molecule has 0 aliphatic carbocycles. The fraction of sp³-hybridized carbons (Fsp3) is 0.318. The lowest BCUT2D eigenvalue weighted by Gasteiger charge is -2.11. The molecule has 0 spiro atoms. The van der Waals surface area contributed by atoms with Crippen LogP contribution in [0.25, 0.3) is 10.9 Å². The van der Waals surface area contributed by atoms with Crippen LogP contribution < -0.4 is 15.4 Å². The summed E-state index contributed by atoms with van der Waals surface area (Å²) in [5.41, 5.74) is 1.03. The van der Waals surface area contributed by atoms with Gasteiger partial charge in [0.25, 0.3) is 5.91 Å². The molecule has 0 saturated carbocycles. The Morgan fingerprint density at radius 1 is 1.23 bits per heavy atom. The second-order valence-corrected chi connectivity index (χ2v) is 7.30. The van der Waals surface area contributed by atoms with Crippen molar-refractivity contribution in [1.29, 1.82) is 0 Å². The van der Waals surface area contributed by atoms with E-state index in [0.717, 1.165) is 21.6 Å². The number of benzene rings is 1. The third-order valence-corrected chi connectivity index (χ3v) is 5.33. The highest BCUT2D eigenvalue weighted by molar-refractivity contribution is 6.04. The third kappa shape index (κ3) is 4.40. The van der Waals surface area contributed by atoms with Crippen LogP contribution in [0, 0.1) is 0 Å². The summed E-state index contributed by atoms with van der Waals surface area (Å²) in [4.78, 5) is 37.8. The molecule has 162 valence electrons. The van der Waals surface area contributed by atoms with Crippen molar-refractivity contribution >= 4 is 28.7 Å². The molecule has 1 aliphatic rings. The van der Waals surface area contributed by atoms with Crippen molar-refractivity contribution in [3.05, 3.63) is 54.6 Å². The van der Waals surface area contributed by atoms with Crippen LogP contribution in [0.4, 0.5) is 4.79 Å². The number of carbonyl (C=O) groups excluding carboxylic acids is 3. The number of ether oxygens (including phenoxy) is 1. The Kier molecular flexibility index (Phi) is 5.92. The van der Waals surface area contributed by atoms with Crippen LogP contribution in [0.3, 0.4) is 0 Å². The Bertz CT molecular complexity index is 1090. The summed E-state index contributed by atoms with van der Waals surface area (Å²) in [6, 6.07) is 10.1. The van der Waals surface area contributed by atoms with E-state index in [-0.39, 0.29) is 31.2 Å². The second kappa shape index (κ2) is 8.95. The number of methoxy groups -OCH3 is 1. The zero-order valence-electron chi connectivity index (χ0n) is 17.2. The largest absolute Gasteiger partial charge is 0.496 e. The van der Waals surface area contributed by atoms with Gasteiger partial charge in [0.05, 0.1) is 25.4 Å². The Balaban J connectivity index is 1.24. The van der Waals surface area contributed by atoms with Crippen molar-refractivity contribution in [2.75, 3.05) is 13.7 Å². The molecule has 0 radical (unpaired) electrons. The van der Waals surface area contributed by atoms with Gasteiger partial charge in [0.15, 0.2) is 0 Å². The van der Waals surface area contributed by atoms with E-state index in [1.165, 1.54) is 6.26 Å². The van der Waals surface area contributed by atoms with Crippen molar-refractivity contribution in [3.63, 3.8) is 0 Å². The van der Waals surface area contributed by atoms with Gasteiger partial charge in [-0.15, -0.1) is 0 Å².